The summed E-state index contributed by atoms with van der Waals surface area (Å²) in [6, 6.07) is 12.9. The number of benzene rings is 2. The molecule has 0 aliphatic rings. The molecule has 0 atom stereocenters. The van der Waals surface area contributed by atoms with E-state index in [0.29, 0.717) is 11.5 Å². The Labute approximate surface area is 144 Å². The number of hydrogen-bond acceptors (Lipinski definition) is 5. The molecule has 7 nitrogen and oxygen atoms in total. The number of para-hydroxylation sites is 3. The molecule has 0 spiro atoms. The highest BCUT2D eigenvalue weighted by Gasteiger charge is 2.18. The van der Waals surface area contributed by atoms with Gasteiger partial charge in [0.05, 0.1) is 18.6 Å². The molecular formula is C18H16N2O5. The van der Waals surface area contributed by atoms with Crippen LogP contribution >= 0.6 is 0 Å². The predicted octanol–water partition coefficient (Wildman–Crippen LogP) is 2.42. The summed E-state index contributed by atoms with van der Waals surface area (Å²) in [4.78, 5) is 22.3. The molecule has 0 unspecified atom stereocenters. The van der Waals surface area contributed by atoms with Gasteiger partial charge in [-0.15, -0.1) is 0 Å². The van der Waals surface area contributed by atoms with Crippen molar-refractivity contribution in [1.29, 1.82) is 0 Å². The van der Waals surface area contributed by atoms with Gasteiger partial charge < -0.3 is 14.8 Å². The van der Waals surface area contributed by atoms with Gasteiger partial charge >= 0.3 is 0 Å². The van der Waals surface area contributed by atoms with Crippen molar-refractivity contribution in [3.63, 3.8) is 0 Å². The Morgan fingerprint density at radius 2 is 1.80 bits per heavy atom. The summed E-state index contributed by atoms with van der Waals surface area (Å²) in [5, 5.41) is 13.4. The van der Waals surface area contributed by atoms with Gasteiger partial charge in [0.15, 0.2) is 11.5 Å². The summed E-state index contributed by atoms with van der Waals surface area (Å²) in [7, 11) is 1.55. The third-order valence-corrected chi connectivity index (χ3v) is 3.18. The van der Waals surface area contributed by atoms with E-state index in [1.54, 1.807) is 25.3 Å². The van der Waals surface area contributed by atoms with Gasteiger partial charge in [-0.3, -0.25) is 14.9 Å². The lowest BCUT2D eigenvalue weighted by atomic mass is 10.1. The lowest BCUT2D eigenvalue weighted by molar-refractivity contribution is -0.385. The average molecular weight is 340 g/mol. The molecule has 2 rings (SSSR count). The molecule has 1 N–H and O–H groups in total. The minimum atomic E-state index is -0.596. The normalized spacial score (nSPS) is 9.48. The second-order valence-electron chi connectivity index (χ2n) is 4.75. The number of methoxy groups -OCH3 is 1. The molecule has 0 heterocycles. The first kappa shape index (κ1) is 17.8. The van der Waals surface area contributed by atoms with Crippen molar-refractivity contribution in [3.8, 4) is 23.3 Å². The van der Waals surface area contributed by atoms with Crippen LogP contribution in [0.4, 0.5) is 5.69 Å². The van der Waals surface area contributed by atoms with Crippen molar-refractivity contribution >= 4 is 11.6 Å². The summed E-state index contributed by atoms with van der Waals surface area (Å²) < 4.78 is 10.6. The van der Waals surface area contributed by atoms with Gasteiger partial charge in [-0.1, -0.05) is 36.1 Å². The van der Waals surface area contributed by atoms with Crippen molar-refractivity contribution in [3.05, 3.63) is 64.2 Å². The van der Waals surface area contributed by atoms with Crippen LogP contribution in [0.1, 0.15) is 10.4 Å². The zero-order valence-electron chi connectivity index (χ0n) is 13.5. The van der Waals surface area contributed by atoms with E-state index in [0.717, 1.165) is 0 Å². The number of nitro benzene ring substituents is 1. The van der Waals surface area contributed by atoms with E-state index in [2.05, 4.69) is 17.2 Å². The Morgan fingerprint density at radius 1 is 1.12 bits per heavy atom. The molecule has 0 radical (unpaired) electrons. The first-order chi connectivity index (χ1) is 12.1. The third-order valence-electron chi connectivity index (χ3n) is 3.18. The van der Waals surface area contributed by atoms with Crippen LogP contribution in [0.2, 0.25) is 0 Å². The highest BCUT2D eigenvalue weighted by atomic mass is 16.6. The van der Waals surface area contributed by atoms with E-state index in [-0.39, 0.29) is 24.4 Å². The molecule has 0 aromatic heterocycles. The highest BCUT2D eigenvalue weighted by molar-refractivity contribution is 5.98. The standard InChI is InChI=1S/C18H16N2O5/c1-24-16-10-4-5-11-17(16)25-13-7-6-12-19-18(21)14-8-2-3-9-15(14)20(22)23/h2-5,8-11H,12-13H2,1H3,(H,19,21). The summed E-state index contributed by atoms with van der Waals surface area (Å²) >= 11 is 0. The molecular weight excluding hydrogens is 324 g/mol. The van der Waals surface area contributed by atoms with E-state index in [4.69, 9.17) is 9.47 Å². The first-order valence-electron chi connectivity index (χ1n) is 7.36. The number of carbonyl (C=O) groups excluding carboxylic acids is 1. The van der Waals surface area contributed by atoms with Crippen molar-refractivity contribution in [1.82, 2.24) is 5.32 Å². The van der Waals surface area contributed by atoms with Crippen LogP contribution in [-0.2, 0) is 0 Å². The fourth-order valence-corrected chi connectivity index (χ4v) is 2.01. The van der Waals surface area contributed by atoms with Gasteiger partial charge in [0, 0.05) is 6.07 Å². The molecule has 0 fully saturated rings. The van der Waals surface area contributed by atoms with Crippen LogP contribution in [-0.4, -0.2) is 31.1 Å². The molecule has 0 aliphatic carbocycles. The third kappa shape index (κ3) is 4.97. The van der Waals surface area contributed by atoms with Crippen LogP contribution in [0, 0.1) is 22.0 Å². The van der Waals surface area contributed by atoms with E-state index in [1.165, 1.54) is 18.2 Å². The quantitative estimate of drug-likeness (QED) is 0.495. The van der Waals surface area contributed by atoms with Crippen LogP contribution in [0.5, 0.6) is 11.5 Å². The molecule has 0 saturated carbocycles. The molecule has 2 aromatic rings. The Kier molecular flexibility index (Phi) is 6.37. The SMILES string of the molecule is COc1ccccc1OCC#CCNC(=O)c1ccccc1[N+](=O)[O-]. The van der Waals surface area contributed by atoms with Gasteiger partial charge in [-0.05, 0) is 18.2 Å². The number of rotatable bonds is 6. The molecule has 128 valence electrons. The zero-order valence-corrected chi connectivity index (χ0v) is 13.5. The lowest BCUT2D eigenvalue weighted by Crippen LogP contribution is -2.24. The topological polar surface area (TPSA) is 90.7 Å². The summed E-state index contributed by atoms with van der Waals surface area (Å²) in [6.45, 7) is 0.182. The Hall–Kier alpha value is -3.53. The van der Waals surface area contributed by atoms with Gasteiger partial charge in [0.2, 0.25) is 0 Å². The van der Waals surface area contributed by atoms with Crippen molar-refractivity contribution in [2.75, 3.05) is 20.3 Å². The maximum atomic E-state index is 12.0. The Balaban J connectivity index is 1.85. The number of amides is 1. The van der Waals surface area contributed by atoms with Gasteiger partial charge in [0.1, 0.15) is 12.2 Å². The van der Waals surface area contributed by atoms with Gasteiger partial charge in [-0.25, -0.2) is 0 Å². The van der Waals surface area contributed by atoms with Gasteiger partial charge in [-0.2, -0.15) is 0 Å². The van der Waals surface area contributed by atoms with Crippen LogP contribution in [0.3, 0.4) is 0 Å². The monoisotopic (exact) mass is 340 g/mol. The molecule has 0 aliphatic heterocycles. The van der Waals surface area contributed by atoms with Crippen LogP contribution in [0.25, 0.3) is 0 Å². The zero-order chi connectivity index (χ0) is 18.1. The number of nitro groups is 1. The molecule has 25 heavy (non-hydrogen) atoms. The Bertz CT molecular complexity index is 823. The van der Waals surface area contributed by atoms with E-state index in [9.17, 15) is 14.9 Å². The predicted molar refractivity (Wildman–Crippen MR) is 91.7 cm³/mol. The average Bonchev–Trinajstić information content (AvgIpc) is 2.64. The number of nitrogens with zero attached hydrogens (tertiary/aromatic N) is 1. The maximum absolute atomic E-state index is 12.0. The van der Waals surface area contributed by atoms with Crippen molar-refractivity contribution < 1.29 is 19.2 Å². The van der Waals surface area contributed by atoms with E-state index in [1.807, 2.05) is 12.1 Å². The fraction of sp³-hybridized carbons (Fsp3) is 0.167. The number of ether oxygens (including phenoxy) is 2. The molecule has 2 aromatic carbocycles. The fourth-order valence-electron chi connectivity index (χ4n) is 2.01. The van der Waals surface area contributed by atoms with E-state index >= 15 is 0 Å². The molecule has 0 bridgehead atoms. The number of nitrogens with one attached hydrogen (secondary N) is 1. The first-order valence-corrected chi connectivity index (χ1v) is 7.36. The number of hydrogen-bond donors (Lipinski definition) is 1. The second-order valence-corrected chi connectivity index (χ2v) is 4.75. The van der Waals surface area contributed by atoms with Crippen molar-refractivity contribution in [2.24, 2.45) is 0 Å². The Morgan fingerprint density at radius 3 is 2.52 bits per heavy atom. The second kappa shape index (κ2) is 8.93. The van der Waals surface area contributed by atoms with Crippen molar-refractivity contribution in [2.45, 2.75) is 0 Å². The summed E-state index contributed by atoms with van der Waals surface area (Å²) in [5.41, 5.74) is -0.243. The number of carbonyl (C=O) groups is 1. The minimum Gasteiger partial charge on any atom is -0.493 e. The minimum absolute atomic E-state index is 0.000396. The molecule has 0 saturated heterocycles. The lowest BCUT2D eigenvalue weighted by Gasteiger charge is -2.07. The largest absolute Gasteiger partial charge is 0.493 e. The summed E-state index contributed by atoms with van der Waals surface area (Å²) in [5.74, 6) is 6.11. The van der Waals surface area contributed by atoms with E-state index < -0.39 is 10.8 Å². The maximum Gasteiger partial charge on any atom is 0.282 e. The molecule has 7 heteroatoms. The summed E-state index contributed by atoms with van der Waals surface area (Å²) in [6.07, 6.45) is 0. The molecule has 1 amide bonds. The smallest absolute Gasteiger partial charge is 0.282 e. The van der Waals surface area contributed by atoms with Crippen LogP contribution < -0.4 is 14.8 Å². The van der Waals surface area contributed by atoms with Crippen LogP contribution in [0.15, 0.2) is 48.5 Å². The highest BCUT2D eigenvalue weighted by Crippen LogP contribution is 2.25. The van der Waals surface area contributed by atoms with Gasteiger partial charge in [0.25, 0.3) is 11.6 Å².